The number of ether oxygens (including phenoxy) is 1. The molecule has 0 fully saturated rings. The molecule has 33 heavy (non-hydrogen) atoms. The van der Waals surface area contributed by atoms with Crippen molar-refractivity contribution in [2.75, 3.05) is 12.1 Å². The number of rotatable bonds is 7. The molecule has 7 nitrogen and oxygen atoms in total. The Labute approximate surface area is 199 Å². The fourth-order valence-corrected chi connectivity index (χ4v) is 5.46. The third kappa shape index (κ3) is 4.55. The highest BCUT2D eigenvalue weighted by atomic mass is 32.1. The third-order valence-electron chi connectivity index (χ3n) is 5.32. The van der Waals surface area contributed by atoms with Crippen LogP contribution in [-0.2, 0) is 11.3 Å². The van der Waals surface area contributed by atoms with Gasteiger partial charge in [0, 0.05) is 23.6 Å². The van der Waals surface area contributed by atoms with E-state index in [4.69, 9.17) is 19.2 Å². The van der Waals surface area contributed by atoms with Crippen molar-refractivity contribution in [3.05, 3.63) is 76.4 Å². The number of hydrazone groups is 1. The van der Waals surface area contributed by atoms with Gasteiger partial charge in [-0.05, 0) is 54.1 Å². The summed E-state index contributed by atoms with van der Waals surface area (Å²) in [5.74, 6) is 1.63. The van der Waals surface area contributed by atoms with Crippen LogP contribution in [-0.4, -0.2) is 23.7 Å². The van der Waals surface area contributed by atoms with Crippen LogP contribution < -0.4 is 15.1 Å². The summed E-state index contributed by atoms with van der Waals surface area (Å²) in [4.78, 5) is 18.2. The molecule has 0 radical (unpaired) electrons. The molecule has 0 aliphatic carbocycles. The maximum Gasteiger partial charge on any atom is 0.217 e. The van der Waals surface area contributed by atoms with Gasteiger partial charge < -0.3 is 14.5 Å². The number of nitrogens with one attached hydrogen (secondary N) is 1. The van der Waals surface area contributed by atoms with E-state index in [0.717, 1.165) is 43.4 Å². The summed E-state index contributed by atoms with van der Waals surface area (Å²) < 4.78 is 11.0. The second kappa shape index (κ2) is 9.21. The molecule has 1 aliphatic heterocycles. The minimum Gasteiger partial charge on any atom is -0.497 e. The van der Waals surface area contributed by atoms with Crippen LogP contribution in [0.5, 0.6) is 5.75 Å². The van der Waals surface area contributed by atoms with Gasteiger partial charge in [-0.3, -0.25) is 4.79 Å². The van der Waals surface area contributed by atoms with Crippen molar-refractivity contribution in [2.24, 2.45) is 5.10 Å². The average molecular weight is 479 g/mol. The quantitative estimate of drug-likeness (QED) is 0.381. The summed E-state index contributed by atoms with van der Waals surface area (Å²) in [5, 5.41) is 12.6. The molecule has 9 heteroatoms. The molecule has 4 aromatic rings. The van der Waals surface area contributed by atoms with E-state index in [1.54, 1.807) is 36.0 Å². The van der Waals surface area contributed by atoms with Crippen LogP contribution in [0.3, 0.4) is 0 Å². The number of thiazole rings is 1. The summed E-state index contributed by atoms with van der Waals surface area (Å²) in [7, 11) is 1.66. The molecule has 0 bridgehead atoms. The number of anilines is 1. The standard InChI is InChI=1S/C24H22N4O3S2/c1-15(29)25-13-18-9-10-23(33-18)20-14-32-24(26-20)28-21(22-4-3-11-31-22)12-19(27-28)16-5-7-17(30-2)8-6-16/h3-11,14,21H,12-13H2,1-2H3,(H,25,29)/t21-/m0/s1. The lowest BCUT2D eigenvalue weighted by molar-refractivity contribution is -0.119. The summed E-state index contributed by atoms with van der Waals surface area (Å²) in [6, 6.07) is 15.8. The number of nitrogens with zero attached hydrogens (tertiary/aromatic N) is 3. The van der Waals surface area contributed by atoms with E-state index in [-0.39, 0.29) is 11.9 Å². The van der Waals surface area contributed by atoms with Crippen molar-refractivity contribution < 1.29 is 13.9 Å². The van der Waals surface area contributed by atoms with Crippen LogP contribution >= 0.6 is 22.7 Å². The van der Waals surface area contributed by atoms with Crippen LogP contribution in [0.1, 0.15) is 35.6 Å². The lowest BCUT2D eigenvalue weighted by Gasteiger charge is -2.18. The van der Waals surface area contributed by atoms with Crippen LogP contribution in [0.15, 0.2) is 69.7 Å². The van der Waals surface area contributed by atoms with Gasteiger partial charge in [-0.15, -0.1) is 22.7 Å². The average Bonchev–Trinajstić information content (AvgIpc) is 3.62. The van der Waals surface area contributed by atoms with Gasteiger partial charge in [0.25, 0.3) is 0 Å². The van der Waals surface area contributed by atoms with Crippen LogP contribution in [0.25, 0.3) is 10.6 Å². The number of methoxy groups -OCH3 is 1. The van der Waals surface area contributed by atoms with Crippen molar-refractivity contribution in [3.63, 3.8) is 0 Å². The van der Waals surface area contributed by atoms with E-state index in [9.17, 15) is 4.79 Å². The SMILES string of the molecule is COc1ccc(C2=NN(c3nc(-c4ccc(CNC(C)=O)s4)cs3)[C@H](c3ccco3)C2)cc1. The topological polar surface area (TPSA) is 80.0 Å². The molecule has 0 unspecified atom stereocenters. The van der Waals surface area contributed by atoms with Gasteiger partial charge in [0.2, 0.25) is 11.0 Å². The molecule has 3 aromatic heterocycles. The molecule has 0 spiro atoms. The molecule has 1 aliphatic rings. The number of carbonyl (C=O) groups is 1. The van der Waals surface area contributed by atoms with Crippen molar-refractivity contribution in [1.29, 1.82) is 0 Å². The van der Waals surface area contributed by atoms with E-state index >= 15 is 0 Å². The Kier molecular flexibility index (Phi) is 5.97. The Balaban J connectivity index is 1.42. The summed E-state index contributed by atoms with van der Waals surface area (Å²) >= 11 is 3.18. The van der Waals surface area contributed by atoms with E-state index in [0.29, 0.717) is 13.0 Å². The normalized spacial score (nSPS) is 15.5. The molecule has 0 saturated carbocycles. The minimum absolute atomic E-state index is 0.0376. The Bertz CT molecular complexity index is 1280. The molecule has 1 atom stereocenters. The Morgan fingerprint density at radius 2 is 2.09 bits per heavy atom. The van der Waals surface area contributed by atoms with Crippen molar-refractivity contribution in [3.8, 4) is 16.3 Å². The largest absolute Gasteiger partial charge is 0.497 e. The molecular formula is C24H22N4O3S2. The predicted octanol–water partition coefficient (Wildman–Crippen LogP) is 5.47. The monoisotopic (exact) mass is 478 g/mol. The number of aromatic nitrogens is 1. The van der Waals surface area contributed by atoms with E-state index < -0.39 is 0 Å². The van der Waals surface area contributed by atoms with Crippen molar-refractivity contribution in [2.45, 2.75) is 25.9 Å². The number of furan rings is 1. The Morgan fingerprint density at radius 3 is 2.82 bits per heavy atom. The Hall–Kier alpha value is -3.43. The van der Waals surface area contributed by atoms with Crippen molar-refractivity contribution >= 4 is 39.4 Å². The highest BCUT2D eigenvalue weighted by Gasteiger charge is 2.33. The highest BCUT2D eigenvalue weighted by Crippen LogP contribution is 2.40. The van der Waals surface area contributed by atoms with Gasteiger partial charge in [-0.1, -0.05) is 0 Å². The smallest absolute Gasteiger partial charge is 0.217 e. The summed E-state index contributed by atoms with van der Waals surface area (Å²) in [6.07, 6.45) is 2.41. The molecule has 168 valence electrons. The zero-order valence-electron chi connectivity index (χ0n) is 18.1. The molecule has 1 aromatic carbocycles. The number of hydrogen-bond donors (Lipinski definition) is 1. The first kappa shape index (κ1) is 21.4. The van der Waals surface area contributed by atoms with E-state index in [1.807, 2.05) is 58.9 Å². The minimum atomic E-state index is -0.0604. The third-order valence-corrected chi connectivity index (χ3v) is 7.26. The molecule has 1 amide bonds. The van der Waals surface area contributed by atoms with Gasteiger partial charge in [-0.2, -0.15) is 5.10 Å². The number of benzene rings is 1. The maximum absolute atomic E-state index is 11.2. The molecule has 1 N–H and O–H groups in total. The number of thiophene rings is 1. The van der Waals surface area contributed by atoms with Gasteiger partial charge in [0.05, 0.1) is 36.2 Å². The summed E-state index contributed by atoms with van der Waals surface area (Å²) in [6.45, 7) is 2.05. The fourth-order valence-electron chi connectivity index (χ4n) is 3.65. The predicted molar refractivity (Wildman–Crippen MR) is 131 cm³/mol. The number of amides is 1. The van der Waals surface area contributed by atoms with Gasteiger partial charge >= 0.3 is 0 Å². The molecule has 5 rings (SSSR count). The van der Waals surface area contributed by atoms with Gasteiger partial charge in [0.1, 0.15) is 17.6 Å². The number of carbonyl (C=O) groups excluding carboxylic acids is 1. The van der Waals surface area contributed by atoms with Crippen LogP contribution in [0, 0.1) is 0 Å². The second-order valence-corrected chi connectivity index (χ2v) is 9.55. The fraction of sp³-hybridized carbons (Fsp3) is 0.208. The zero-order valence-corrected chi connectivity index (χ0v) is 19.8. The molecule has 0 saturated heterocycles. The first-order valence-electron chi connectivity index (χ1n) is 10.4. The van der Waals surface area contributed by atoms with Gasteiger partial charge in [0.15, 0.2) is 0 Å². The first-order chi connectivity index (χ1) is 16.1. The lowest BCUT2D eigenvalue weighted by Crippen LogP contribution is -2.18. The van der Waals surface area contributed by atoms with E-state index in [1.165, 1.54) is 6.92 Å². The van der Waals surface area contributed by atoms with Crippen LogP contribution in [0.2, 0.25) is 0 Å². The van der Waals surface area contributed by atoms with Crippen LogP contribution in [0.4, 0.5) is 5.13 Å². The maximum atomic E-state index is 11.2. The van der Waals surface area contributed by atoms with Gasteiger partial charge in [-0.25, -0.2) is 9.99 Å². The Morgan fingerprint density at radius 1 is 1.24 bits per heavy atom. The second-order valence-electron chi connectivity index (χ2n) is 7.55. The zero-order chi connectivity index (χ0) is 22.8. The lowest BCUT2D eigenvalue weighted by atomic mass is 10.0. The number of hydrogen-bond acceptors (Lipinski definition) is 8. The molecular weight excluding hydrogens is 456 g/mol. The first-order valence-corrected chi connectivity index (χ1v) is 12.1. The van der Waals surface area contributed by atoms with Crippen molar-refractivity contribution in [1.82, 2.24) is 10.3 Å². The van der Waals surface area contributed by atoms with E-state index in [2.05, 4.69) is 5.32 Å². The molecule has 4 heterocycles. The summed E-state index contributed by atoms with van der Waals surface area (Å²) in [5.41, 5.74) is 2.93. The highest BCUT2D eigenvalue weighted by molar-refractivity contribution is 7.17.